The lowest BCUT2D eigenvalue weighted by Gasteiger charge is -2.20. The van der Waals surface area contributed by atoms with E-state index >= 15 is 0 Å². The summed E-state index contributed by atoms with van der Waals surface area (Å²) in [5, 5.41) is 10.9. The summed E-state index contributed by atoms with van der Waals surface area (Å²) >= 11 is 3.18. The predicted octanol–water partition coefficient (Wildman–Crippen LogP) is 4.41. The summed E-state index contributed by atoms with van der Waals surface area (Å²) in [4.78, 5) is 11.1. The van der Waals surface area contributed by atoms with Crippen molar-refractivity contribution in [2.45, 2.75) is 25.1 Å². The fourth-order valence-electron chi connectivity index (χ4n) is 3.79. The van der Waals surface area contributed by atoms with E-state index in [1.54, 1.807) is 19.4 Å². The second kappa shape index (κ2) is 8.62. The molecule has 0 amide bonds. The van der Waals surface area contributed by atoms with E-state index in [0.717, 1.165) is 11.1 Å². The molecule has 0 radical (unpaired) electrons. The van der Waals surface area contributed by atoms with Crippen molar-refractivity contribution in [2.24, 2.45) is 7.05 Å². The number of nitrogens with one attached hydrogen (secondary N) is 1. The van der Waals surface area contributed by atoms with Crippen molar-refractivity contribution in [2.75, 3.05) is 36.6 Å². The van der Waals surface area contributed by atoms with E-state index in [9.17, 15) is 17.7 Å². The first-order valence-electron chi connectivity index (χ1n) is 9.91. The number of halogens is 4. The van der Waals surface area contributed by atoms with Gasteiger partial charge < -0.3 is 14.8 Å². The fraction of sp³-hybridized carbons (Fsp3) is 0.474. The zero-order chi connectivity index (χ0) is 23.2. The van der Waals surface area contributed by atoms with Gasteiger partial charge in [-0.2, -0.15) is 4.98 Å². The molecular weight excluding hydrogens is 510 g/mol. The minimum atomic E-state index is -2.74. The number of aryl methyl sites for hydroxylation is 1. The Morgan fingerprint density at radius 1 is 1.31 bits per heavy atom. The van der Waals surface area contributed by atoms with Gasteiger partial charge in [-0.1, -0.05) is 5.21 Å². The first-order valence-corrected chi connectivity index (χ1v) is 13.4. The molecule has 1 aromatic carbocycles. The molecule has 1 unspecified atom stereocenters. The van der Waals surface area contributed by atoms with Gasteiger partial charge in [0.2, 0.25) is 5.95 Å². The van der Waals surface area contributed by atoms with Crippen molar-refractivity contribution in [3.8, 4) is 0 Å². The maximum atomic E-state index is 14.3. The lowest BCUT2D eigenvalue weighted by Crippen LogP contribution is -2.24. The molecule has 3 heterocycles. The van der Waals surface area contributed by atoms with Gasteiger partial charge in [0, 0.05) is 31.2 Å². The quantitative estimate of drug-likeness (QED) is 0.471. The van der Waals surface area contributed by atoms with Crippen LogP contribution in [0.5, 0.6) is 0 Å². The molecule has 1 aliphatic heterocycles. The Labute approximate surface area is 191 Å². The summed E-state index contributed by atoms with van der Waals surface area (Å²) in [5.41, 5.74) is 0.312. The van der Waals surface area contributed by atoms with Crippen LogP contribution >= 0.6 is 23.1 Å². The largest absolute Gasteiger partial charge is 0.364 e. The van der Waals surface area contributed by atoms with Crippen LogP contribution in [0, 0.1) is 5.82 Å². The maximum absolute atomic E-state index is 14.3. The lowest BCUT2D eigenvalue weighted by atomic mass is 10.2. The summed E-state index contributed by atoms with van der Waals surface area (Å²) in [5.74, 6) is 0.202. The first kappa shape index (κ1) is 23.0. The third-order valence-corrected chi connectivity index (χ3v) is 8.41. The van der Waals surface area contributed by atoms with Crippen LogP contribution in [0.15, 0.2) is 16.6 Å². The van der Waals surface area contributed by atoms with Gasteiger partial charge in [0.25, 0.3) is 6.43 Å². The van der Waals surface area contributed by atoms with Gasteiger partial charge in [-0.05, 0) is 47.8 Å². The predicted molar refractivity (Wildman–Crippen MR) is 121 cm³/mol. The molecule has 13 heteroatoms. The lowest BCUT2D eigenvalue weighted by molar-refractivity contribution is 0.139. The molecular formula is C19H22BrF3N7OP. The zero-order valence-corrected chi connectivity index (χ0v) is 20.2. The minimum absolute atomic E-state index is 0.0475. The summed E-state index contributed by atoms with van der Waals surface area (Å²) in [6, 6.07) is 2.83. The Balaban J connectivity index is 1.71. The number of benzene rings is 1. The zero-order valence-electron chi connectivity index (χ0n) is 17.7. The number of aromatic nitrogens is 5. The van der Waals surface area contributed by atoms with Gasteiger partial charge in [0.1, 0.15) is 23.0 Å². The standard InChI is InChI=1S/C19H22BrF3N7OP/c1-29-16(17(22)23)15(27-28-29)8-24-18-11-6-13(21)12(20)7-14(11)25-19(26-18)30-5-4-10(9-30)32(2,3)31/h6-7,10,17H,4-5,8-9H2,1-3H3,(H,24,25,26). The van der Waals surface area contributed by atoms with E-state index in [2.05, 4.69) is 41.5 Å². The second-order valence-electron chi connectivity index (χ2n) is 8.18. The number of hydrogen-bond donors (Lipinski definition) is 1. The van der Waals surface area contributed by atoms with Crippen molar-refractivity contribution in [1.29, 1.82) is 0 Å². The van der Waals surface area contributed by atoms with Crippen LogP contribution in [-0.4, -0.2) is 57.0 Å². The van der Waals surface area contributed by atoms with E-state index in [4.69, 9.17) is 0 Å². The molecule has 1 N–H and O–H groups in total. The third-order valence-electron chi connectivity index (χ3n) is 5.63. The Kier molecular flexibility index (Phi) is 6.19. The molecule has 32 heavy (non-hydrogen) atoms. The van der Waals surface area contributed by atoms with E-state index in [1.165, 1.54) is 13.1 Å². The molecule has 0 saturated carbocycles. The molecule has 0 spiro atoms. The molecule has 8 nitrogen and oxygen atoms in total. The number of hydrogen-bond acceptors (Lipinski definition) is 7. The number of rotatable bonds is 6. The Morgan fingerprint density at radius 3 is 2.72 bits per heavy atom. The van der Waals surface area contributed by atoms with E-state index < -0.39 is 19.4 Å². The van der Waals surface area contributed by atoms with Gasteiger partial charge in [0.15, 0.2) is 0 Å². The molecule has 0 aliphatic carbocycles. The third kappa shape index (κ3) is 4.47. The molecule has 3 aromatic rings. The highest BCUT2D eigenvalue weighted by Crippen LogP contribution is 2.47. The number of alkyl halides is 2. The van der Waals surface area contributed by atoms with Gasteiger partial charge in [-0.25, -0.2) is 22.8 Å². The summed E-state index contributed by atoms with van der Waals surface area (Å²) in [6.45, 7) is 4.67. The van der Waals surface area contributed by atoms with Crippen LogP contribution < -0.4 is 10.2 Å². The van der Waals surface area contributed by atoms with E-state index in [1.807, 2.05) is 4.90 Å². The molecule has 1 atom stereocenters. The molecule has 0 bridgehead atoms. The summed E-state index contributed by atoms with van der Waals surface area (Å²) in [6.07, 6.45) is -1.97. The Morgan fingerprint density at radius 2 is 2.06 bits per heavy atom. The van der Waals surface area contributed by atoms with Crippen LogP contribution in [0.2, 0.25) is 0 Å². The molecule has 1 saturated heterocycles. The average Bonchev–Trinajstić information content (AvgIpc) is 3.34. The Bertz CT molecular complexity index is 1220. The first-order chi connectivity index (χ1) is 15.0. The molecule has 1 aliphatic rings. The van der Waals surface area contributed by atoms with E-state index in [-0.39, 0.29) is 28.1 Å². The highest BCUT2D eigenvalue weighted by molar-refractivity contribution is 9.10. The normalized spacial score (nSPS) is 17.0. The second-order valence-corrected chi connectivity index (χ2v) is 12.6. The number of nitrogens with zero attached hydrogens (tertiary/aromatic N) is 6. The maximum Gasteiger partial charge on any atom is 0.281 e. The molecule has 4 rings (SSSR count). The fourth-order valence-corrected chi connectivity index (χ4v) is 5.45. The monoisotopic (exact) mass is 531 g/mol. The highest BCUT2D eigenvalue weighted by atomic mass is 79.9. The number of anilines is 2. The van der Waals surface area contributed by atoms with Crippen molar-refractivity contribution in [3.63, 3.8) is 0 Å². The van der Waals surface area contributed by atoms with Crippen LogP contribution in [0.4, 0.5) is 24.9 Å². The number of fused-ring (bicyclic) bond motifs is 1. The molecule has 2 aromatic heterocycles. The van der Waals surface area contributed by atoms with Gasteiger partial charge in [0.05, 0.1) is 23.7 Å². The smallest absolute Gasteiger partial charge is 0.281 e. The van der Waals surface area contributed by atoms with Crippen LogP contribution in [0.1, 0.15) is 24.2 Å². The SMILES string of the molecule is Cn1nnc(CNc2nc(N3CCC(P(C)(C)=O)C3)nc3cc(Br)c(F)cc23)c1C(F)F. The van der Waals surface area contributed by atoms with Crippen LogP contribution in [0.25, 0.3) is 10.9 Å². The van der Waals surface area contributed by atoms with Crippen molar-refractivity contribution >= 4 is 45.7 Å². The highest BCUT2D eigenvalue weighted by Gasteiger charge is 2.33. The topological polar surface area (TPSA) is 88.8 Å². The van der Waals surface area contributed by atoms with Crippen LogP contribution in [-0.2, 0) is 18.2 Å². The van der Waals surface area contributed by atoms with E-state index in [0.29, 0.717) is 35.8 Å². The average molecular weight is 532 g/mol. The Hall–Kier alpha value is -2.20. The minimum Gasteiger partial charge on any atom is -0.364 e. The van der Waals surface area contributed by atoms with Gasteiger partial charge in [-0.15, -0.1) is 5.10 Å². The van der Waals surface area contributed by atoms with Crippen LogP contribution in [0.3, 0.4) is 0 Å². The summed E-state index contributed by atoms with van der Waals surface area (Å²) in [7, 11) is -0.874. The van der Waals surface area contributed by atoms with Crippen molar-refractivity contribution < 1.29 is 17.7 Å². The van der Waals surface area contributed by atoms with Crippen molar-refractivity contribution in [1.82, 2.24) is 25.0 Å². The van der Waals surface area contributed by atoms with Gasteiger partial charge >= 0.3 is 0 Å². The van der Waals surface area contributed by atoms with Crippen molar-refractivity contribution in [3.05, 3.63) is 33.8 Å². The van der Waals surface area contributed by atoms with Gasteiger partial charge in [-0.3, -0.25) is 0 Å². The summed E-state index contributed by atoms with van der Waals surface area (Å²) < 4.78 is 54.8. The molecule has 1 fully saturated rings. The molecule has 172 valence electrons.